The van der Waals surface area contributed by atoms with Crippen LogP contribution >= 0.6 is 28.1 Å². The molecular weight excluding hydrogens is 1070 g/mol. The topological polar surface area (TPSA) is 360 Å². The van der Waals surface area contributed by atoms with Crippen molar-refractivity contribution in [3.63, 3.8) is 0 Å². The summed E-state index contributed by atoms with van der Waals surface area (Å²) in [5.41, 5.74) is 2.30. The minimum absolute atomic E-state index is 0.0283. The Kier molecular flexibility index (Phi) is 28.0. The van der Waals surface area contributed by atoms with Gasteiger partial charge in [-0.2, -0.15) is 0 Å². The molecule has 75 heavy (non-hydrogen) atoms. The van der Waals surface area contributed by atoms with Crippen LogP contribution in [0.4, 0.5) is 10.5 Å². The van der Waals surface area contributed by atoms with Gasteiger partial charge < -0.3 is 61.9 Å². The Morgan fingerprint density at radius 2 is 1.12 bits per heavy atom. The molecule has 2 aromatic rings. The van der Waals surface area contributed by atoms with Crippen molar-refractivity contribution < 1.29 is 78.9 Å². The summed E-state index contributed by atoms with van der Waals surface area (Å²) >= 11 is 8.94. The zero-order valence-corrected chi connectivity index (χ0v) is 43.8. The first-order valence-electron chi connectivity index (χ1n) is 24.3. The number of hydrogen-bond acceptors (Lipinski definition) is 14. The van der Waals surface area contributed by atoms with Crippen molar-refractivity contribution in [2.75, 3.05) is 90.4 Å². The van der Waals surface area contributed by atoms with E-state index in [4.69, 9.17) is 17.3 Å². The van der Waals surface area contributed by atoms with Crippen molar-refractivity contribution in [1.29, 1.82) is 0 Å². The maximum absolute atomic E-state index is 13.6. The van der Waals surface area contributed by atoms with Gasteiger partial charge in [-0.25, -0.2) is 14.4 Å². The zero-order chi connectivity index (χ0) is 55.5. The van der Waals surface area contributed by atoms with Gasteiger partial charge in [-0.1, -0.05) is 40.2 Å². The van der Waals surface area contributed by atoms with Crippen molar-refractivity contribution in [3.8, 4) is 0 Å². The molecule has 3 atom stereocenters. The molecule has 3 rings (SSSR count). The van der Waals surface area contributed by atoms with Crippen LogP contribution in [0.1, 0.15) is 62.5 Å². The number of anilines is 1. The largest absolute Gasteiger partial charge is 0.481 e. The Hall–Kier alpha value is -6.52. The fourth-order valence-electron chi connectivity index (χ4n) is 8.18. The lowest BCUT2D eigenvalue weighted by Crippen LogP contribution is -2.53. The van der Waals surface area contributed by atoms with E-state index in [1.54, 1.807) is 36.6 Å². The van der Waals surface area contributed by atoms with Crippen LogP contribution in [-0.4, -0.2) is 222 Å². The quantitative estimate of drug-likeness (QED) is 0.0391. The van der Waals surface area contributed by atoms with Gasteiger partial charge in [-0.3, -0.25) is 48.4 Å². The number of hydrogen-bond donors (Lipinski definition) is 11. The molecule has 3 unspecified atom stereocenters. The Morgan fingerprint density at radius 3 is 1.67 bits per heavy atom. The van der Waals surface area contributed by atoms with Crippen molar-refractivity contribution in [3.05, 3.63) is 64.1 Å². The number of benzene rings is 2. The number of nitrogens with zero attached hydrogens (tertiary/aromatic N) is 5. The number of thiocarbonyl (C=S) groups is 1. The minimum atomic E-state index is -1.54. The number of carbonyl (C=O) groups is 9. The summed E-state index contributed by atoms with van der Waals surface area (Å²) in [6.07, 6.45) is 1.30. The molecular formula is C48H68BrN9O16S. The van der Waals surface area contributed by atoms with E-state index in [1.165, 1.54) is 0 Å². The fraction of sp³-hybridized carbons (Fsp3) is 0.542. The normalized spacial score (nSPS) is 15.9. The Balaban J connectivity index is 1.58. The van der Waals surface area contributed by atoms with Gasteiger partial charge in [-0.05, 0) is 92.6 Å². The SMILES string of the molecule is O=C(O)CCC(NC(=O)NC(CCCCN(Cc1ccc(Br)cc1)C(=O)CCCCNC(=S)Nc1ccc(CC2CN(CC(=O)O)CCN(CC(=O)O)CCN(CC(=O)O)CCN2CC(=O)O)cc1)C(=O)O)C(=O)O. The molecule has 0 radical (unpaired) electrons. The summed E-state index contributed by atoms with van der Waals surface area (Å²) < 4.78 is 0.856. The average Bonchev–Trinajstić information content (AvgIpc) is 3.32. The first-order chi connectivity index (χ1) is 35.6. The van der Waals surface area contributed by atoms with Gasteiger partial charge in [-0.15, -0.1) is 0 Å². The molecule has 27 heteroatoms. The van der Waals surface area contributed by atoms with Crippen LogP contribution in [0.3, 0.4) is 0 Å². The third-order valence-electron chi connectivity index (χ3n) is 12.0. The second-order valence-electron chi connectivity index (χ2n) is 18.0. The summed E-state index contributed by atoms with van der Waals surface area (Å²) in [5.74, 6) is -8.62. The summed E-state index contributed by atoms with van der Waals surface area (Å²) in [5, 5.41) is 77.6. The molecule has 25 nitrogen and oxygen atoms in total. The Morgan fingerprint density at radius 1 is 0.600 bits per heavy atom. The first-order valence-corrected chi connectivity index (χ1v) is 25.5. The summed E-state index contributed by atoms with van der Waals surface area (Å²) in [6, 6.07) is 10.1. The predicted molar refractivity (Wildman–Crippen MR) is 278 cm³/mol. The maximum Gasteiger partial charge on any atom is 0.326 e. The highest BCUT2D eigenvalue weighted by Gasteiger charge is 2.29. The number of nitrogens with one attached hydrogen (secondary N) is 4. The molecule has 1 saturated heterocycles. The van der Waals surface area contributed by atoms with Crippen LogP contribution in [0.2, 0.25) is 0 Å². The molecule has 414 valence electrons. The van der Waals surface area contributed by atoms with Crippen molar-refractivity contribution in [2.45, 2.75) is 82.5 Å². The number of halogens is 1. The number of rotatable bonds is 30. The van der Waals surface area contributed by atoms with E-state index in [2.05, 4.69) is 37.2 Å². The van der Waals surface area contributed by atoms with Gasteiger partial charge in [0, 0.05) is 94.5 Å². The van der Waals surface area contributed by atoms with Crippen LogP contribution < -0.4 is 21.3 Å². The molecule has 0 bridgehead atoms. The van der Waals surface area contributed by atoms with Gasteiger partial charge in [0.25, 0.3) is 0 Å². The fourth-order valence-corrected chi connectivity index (χ4v) is 8.67. The second-order valence-corrected chi connectivity index (χ2v) is 19.3. The molecule has 0 spiro atoms. The van der Waals surface area contributed by atoms with E-state index in [0.29, 0.717) is 49.6 Å². The summed E-state index contributed by atoms with van der Waals surface area (Å²) in [6.45, 7) is 0.743. The zero-order valence-electron chi connectivity index (χ0n) is 41.4. The van der Waals surface area contributed by atoms with Crippen LogP contribution in [0.5, 0.6) is 0 Å². The Bertz CT molecular complexity index is 2250. The van der Waals surface area contributed by atoms with E-state index in [0.717, 1.165) is 15.6 Å². The third kappa shape index (κ3) is 26.5. The summed E-state index contributed by atoms with van der Waals surface area (Å²) in [4.78, 5) is 116. The number of aliphatic carboxylic acids is 7. The molecule has 0 aliphatic carbocycles. The highest BCUT2D eigenvalue weighted by Crippen LogP contribution is 2.18. The lowest BCUT2D eigenvalue weighted by atomic mass is 10.0. The highest BCUT2D eigenvalue weighted by atomic mass is 79.9. The van der Waals surface area contributed by atoms with E-state index in [-0.39, 0.29) is 97.2 Å². The molecule has 1 aliphatic heterocycles. The van der Waals surface area contributed by atoms with Crippen LogP contribution in [0.25, 0.3) is 0 Å². The predicted octanol–water partition coefficient (Wildman–Crippen LogP) is 1.65. The molecule has 1 fully saturated rings. The van der Waals surface area contributed by atoms with Crippen LogP contribution in [0, 0.1) is 0 Å². The van der Waals surface area contributed by atoms with Gasteiger partial charge >= 0.3 is 47.8 Å². The van der Waals surface area contributed by atoms with Crippen LogP contribution in [0.15, 0.2) is 53.0 Å². The summed E-state index contributed by atoms with van der Waals surface area (Å²) in [7, 11) is 0. The number of carboxylic acids is 7. The number of amides is 3. The molecule has 11 N–H and O–H groups in total. The van der Waals surface area contributed by atoms with Crippen molar-refractivity contribution >= 4 is 92.7 Å². The molecule has 0 saturated carbocycles. The van der Waals surface area contributed by atoms with Crippen LogP contribution in [-0.2, 0) is 51.3 Å². The maximum atomic E-state index is 13.6. The highest BCUT2D eigenvalue weighted by molar-refractivity contribution is 9.10. The first kappa shape index (κ1) is 62.8. The number of carboxylic acid groups (broad SMARTS) is 7. The van der Waals surface area contributed by atoms with Gasteiger partial charge in [0.1, 0.15) is 12.1 Å². The average molecular weight is 1140 g/mol. The lowest BCUT2D eigenvalue weighted by Gasteiger charge is -2.37. The van der Waals surface area contributed by atoms with E-state index >= 15 is 0 Å². The third-order valence-corrected chi connectivity index (χ3v) is 12.8. The molecule has 3 amide bonds. The van der Waals surface area contributed by atoms with E-state index in [1.807, 2.05) is 36.4 Å². The smallest absolute Gasteiger partial charge is 0.326 e. The number of carbonyl (C=O) groups excluding carboxylic acids is 2. The van der Waals surface area contributed by atoms with Gasteiger partial charge in [0.05, 0.1) is 26.2 Å². The standard InChI is InChI=1S/C48H68BrN9O16S/c49-34-11-7-33(8-12-34)26-58(18-4-2-5-37(45(70)71)52-47(74)53-38(46(72)73)15-16-40(60)61)39(59)6-1-3-17-50-48(75)51-35-13-9-32(10-14-35)25-36-27-56(30-43(66)67)22-21-54(28-41(62)63)19-20-55(29-42(64)65)23-24-57(36)31-44(68)69/h7-14,36-38H,1-6,15-31H2,(H,60,61)(H,62,63)(H,64,65)(H,66,67)(H,68,69)(H,70,71)(H,72,73)(H2,50,51,75)(H2,52,53,74). The Labute approximate surface area is 447 Å². The van der Waals surface area contributed by atoms with Crippen molar-refractivity contribution in [1.82, 2.24) is 40.4 Å². The van der Waals surface area contributed by atoms with Crippen molar-refractivity contribution in [2.24, 2.45) is 0 Å². The number of unbranched alkanes of at least 4 members (excludes halogenated alkanes) is 2. The monoisotopic (exact) mass is 1140 g/mol. The molecule has 1 aliphatic rings. The molecule has 2 aromatic carbocycles. The number of urea groups is 1. The second kappa shape index (κ2) is 33.4. The van der Waals surface area contributed by atoms with Gasteiger partial charge in [0.15, 0.2) is 5.11 Å². The molecule has 0 aromatic heterocycles. The van der Waals surface area contributed by atoms with Gasteiger partial charge in [0.2, 0.25) is 5.91 Å². The minimum Gasteiger partial charge on any atom is -0.481 e. The lowest BCUT2D eigenvalue weighted by molar-refractivity contribution is -0.142. The van der Waals surface area contributed by atoms with E-state index in [9.17, 15) is 73.8 Å². The molecule has 1 heterocycles. The van der Waals surface area contributed by atoms with E-state index < -0.39 is 85.3 Å².